The highest BCUT2D eigenvalue weighted by Gasteiger charge is 2.20. The molecule has 2 amide bonds. The summed E-state index contributed by atoms with van der Waals surface area (Å²) in [6.45, 7) is 5.14. The summed E-state index contributed by atoms with van der Waals surface area (Å²) in [5, 5.41) is 13.4. The standard InChI is InChI=1S/C24H25N5O6S/c1-14(2)34-19-9-16(22(32)28-24-26-17(13-36-24)11-21(30)31)10-20(27-19)35-18-6-5-15(12-25-18)23(33)29-7-3-4-8-29/h5-6,9-10,12-14H,3-4,7-8,11H2,1-2H3,(H,30,31)(H,26,28,32). The Hall–Kier alpha value is -4.06. The Kier molecular flexibility index (Phi) is 7.74. The average molecular weight is 512 g/mol. The minimum absolute atomic E-state index is 0.0651. The Morgan fingerprint density at radius 3 is 2.50 bits per heavy atom. The summed E-state index contributed by atoms with van der Waals surface area (Å²) in [6, 6.07) is 6.11. The van der Waals surface area contributed by atoms with Gasteiger partial charge in [0.1, 0.15) is 0 Å². The molecule has 0 atom stereocenters. The number of nitrogens with one attached hydrogen (secondary N) is 1. The quantitative estimate of drug-likeness (QED) is 0.440. The number of carbonyl (C=O) groups excluding carboxylic acids is 2. The van der Waals surface area contributed by atoms with E-state index in [4.69, 9.17) is 14.6 Å². The smallest absolute Gasteiger partial charge is 0.309 e. The largest absolute Gasteiger partial charge is 0.481 e. The predicted molar refractivity (Wildman–Crippen MR) is 131 cm³/mol. The van der Waals surface area contributed by atoms with Gasteiger partial charge in [-0.15, -0.1) is 11.3 Å². The van der Waals surface area contributed by atoms with Crippen molar-refractivity contribution >= 4 is 34.3 Å². The van der Waals surface area contributed by atoms with Gasteiger partial charge in [0.15, 0.2) is 5.13 Å². The van der Waals surface area contributed by atoms with Crippen LogP contribution in [0.25, 0.3) is 0 Å². The number of amides is 2. The molecule has 0 spiro atoms. The number of thiazole rings is 1. The maximum atomic E-state index is 12.9. The first kappa shape index (κ1) is 25.0. The van der Waals surface area contributed by atoms with Crippen LogP contribution in [0.2, 0.25) is 0 Å². The second kappa shape index (κ2) is 11.1. The number of likely N-dealkylation sites (tertiary alicyclic amines) is 1. The molecule has 3 aromatic heterocycles. The maximum absolute atomic E-state index is 12.9. The molecule has 0 aliphatic carbocycles. The zero-order chi connectivity index (χ0) is 25.7. The monoisotopic (exact) mass is 511 g/mol. The maximum Gasteiger partial charge on any atom is 0.309 e. The number of aromatic nitrogens is 3. The summed E-state index contributed by atoms with van der Waals surface area (Å²) in [7, 11) is 0. The van der Waals surface area contributed by atoms with Gasteiger partial charge in [0.05, 0.1) is 29.3 Å². The molecule has 0 aromatic carbocycles. The Bertz CT molecular complexity index is 1250. The second-order valence-electron chi connectivity index (χ2n) is 8.35. The van der Waals surface area contributed by atoms with E-state index in [1.165, 1.54) is 18.3 Å². The molecule has 3 aromatic rings. The van der Waals surface area contributed by atoms with Crippen molar-refractivity contribution < 1.29 is 29.0 Å². The van der Waals surface area contributed by atoms with Gasteiger partial charge in [0.25, 0.3) is 11.8 Å². The zero-order valence-electron chi connectivity index (χ0n) is 19.8. The summed E-state index contributed by atoms with van der Waals surface area (Å²) in [6.07, 6.45) is 3.03. The van der Waals surface area contributed by atoms with E-state index in [2.05, 4.69) is 20.3 Å². The minimum Gasteiger partial charge on any atom is -0.481 e. The third-order valence-electron chi connectivity index (χ3n) is 5.09. The lowest BCUT2D eigenvalue weighted by molar-refractivity contribution is -0.136. The number of hydrogen-bond donors (Lipinski definition) is 2. The molecular weight excluding hydrogens is 486 g/mol. The van der Waals surface area contributed by atoms with E-state index in [1.807, 2.05) is 13.8 Å². The van der Waals surface area contributed by atoms with Crippen molar-refractivity contribution in [2.75, 3.05) is 18.4 Å². The van der Waals surface area contributed by atoms with Crippen molar-refractivity contribution in [3.8, 4) is 17.6 Å². The minimum atomic E-state index is -1.01. The molecule has 36 heavy (non-hydrogen) atoms. The van der Waals surface area contributed by atoms with Gasteiger partial charge in [-0.25, -0.2) is 9.97 Å². The van der Waals surface area contributed by atoms with Crippen LogP contribution in [0.4, 0.5) is 5.13 Å². The third-order valence-corrected chi connectivity index (χ3v) is 5.89. The number of anilines is 1. The molecular formula is C24H25N5O6S. The van der Waals surface area contributed by atoms with Gasteiger partial charge in [-0.1, -0.05) is 0 Å². The topological polar surface area (TPSA) is 144 Å². The van der Waals surface area contributed by atoms with Gasteiger partial charge in [-0.2, -0.15) is 4.98 Å². The number of aliphatic carboxylic acids is 1. The molecule has 1 saturated heterocycles. The van der Waals surface area contributed by atoms with Crippen LogP contribution in [0.15, 0.2) is 35.8 Å². The van der Waals surface area contributed by atoms with Crippen LogP contribution < -0.4 is 14.8 Å². The van der Waals surface area contributed by atoms with Gasteiger partial charge in [0.2, 0.25) is 17.6 Å². The van der Waals surface area contributed by atoms with Crippen molar-refractivity contribution in [3.05, 3.63) is 52.7 Å². The van der Waals surface area contributed by atoms with Crippen molar-refractivity contribution in [2.45, 2.75) is 39.2 Å². The van der Waals surface area contributed by atoms with Crippen LogP contribution in [-0.2, 0) is 11.2 Å². The van der Waals surface area contributed by atoms with E-state index in [1.54, 1.807) is 22.4 Å². The van der Waals surface area contributed by atoms with Crippen molar-refractivity contribution in [3.63, 3.8) is 0 Å². The van der Waals surface area contributed by atoms with Crippen LogP contribution in [0.3, 0.4) is 0 Å². The first-order chi connectivity index (χ1) is 17.3. The molecule has 1 aliphatic rings. The van der Waals surface area contributed by atoms with Gasteiger partial charge >= 0.3 is 5.97 Å². The molecule has 1 aliphatic heterocycles. The van der Waals surface area contributed by atoms with E-state index in [0.717, 1.165) is 37.3 Å². The highest BCUT2D eigenvalue weighted by atomic mass is 32.1. The van der Waals surface area contributed by atoms with Crippen LogP contribution >= 0.6 is 11.3 Å². The lowest BCUT2D eigenvalue weighted by Gasteiger charge is -2.15. The second-order valence-corrected chi connectivity index (χ2v) is 9.21. The number of ether oxygens (including phenoxy) is 2. The summed E-state index contributed by atoms with van der Waals surface area (Å²) in [4.78, 5) is 50.7. The van der Waals surface area contributed by atoms with Crippen LogP contribution in [0, 0.1) is 0 Å². The highest BCUT2D eigenvalue weighted by Crippen LogP contribution is 2.25. The highest BCUT2D eigenvalue weighted by molar-refractivity contribution is 7.14. The fraction of sp³-hybridized carbons (Fsp3) is 0.333. The van der Waals surface area contributed by atoms with E-state index in [0.29, 0.717) is 11.3 Å². The van der Waals surface area contributed by atoms with Gasteiger partial charge in [-0.3, -0.25) is 19.7 Å². The molecule has 11 nitrogen and oxygen atoms in total. The lowest BCUT2D eigenvalue weighted by atomic mass is 10.2. The number of hydrogen-bond acceptors (Lipinski definition) is 9. The van der Waals surface area contributed by atoms with Crippen molar-refractivity contribution in [2.24, 2.45) is 0 Å². The molecule has 188 valence electrons. The van der Waals surface area contributed by atoms with Crippen molar-refractivity contribution in [1.29, 1.82) is 0 Å². The Morgan fingerprint density at radius 2 is 1.83 bits per heavy atom. The van der Waals surface area contributed by atoms with Gasteiger partial charge < -0.3 is 19.5 Å². The molecule has 0 radical (unpaired) electrons. The van der Waals surface area contributed by atoms with Gasteiger partial charge in [-0.05, 0) is 32.8 Å². The van der Waals surface area contributed by atoms with Crippen molar-refractivity contribution in [1.82, 2.24) is 19.9 Å². The van der Waals surface area contributed by atoms with Crippen LogP contribution in [-0.4, -0.2) is 61.9 Å². The molecule has 0 bridgehead atoms. The molecule has 0 unspecified atom stereocenters. The Balaban J connectivity index is 1.50. The third kappa shape index (κ3) is 6.54. The lowest BCUT2D eigenvalue weighted by Crippen LogP contribution is -2.27. The number of carbonyl (C=O) groups is 3. The van der Waals surface area contributed by atoms with E-state index < -0.39 is 11.9 Å². The molecule has 2 N–H and O–H groups in total. The zero-order valence-corrected chi connectivity index (χ0v) is 20.6. The van der Waals surface area contributed by atoms with E-state index in [9.17, 15) is 14.4 Å². The summed E-state index contributed by atoms with van der Waals surface area (Å²) >= 11 is 1.12. The average Bonchev–Trinajstić information content (AvgIpc) is 3.51. The molecule has 1 fully saturated rings. The summed E-state index contributed by atoms with van der Waals surface area (Å²) in [5.41, 5.74) is 1.02. The SMILES string of the molecule is CC(C)Oc1cc(C(=O)Nc2nc(CC(=O)O)cs2)cc(Oc2ccc(C(=O)N3CCCC3)cn2)n1. The number of nitrogens with zero attached hydrogens (tertiary/aromatic N) is 4. The summed E-state index contributed by atoms with van der Waals surface area (Å²) < 4.78 is 11.4. The van der Waals surface area contributed by atoms with E-state index >= 15 is 0 Å². The first-order valence-electron chi connectivity index (χ1n) is 11.4. The normalized spacial score (nSPS) is 13.0. The van der Waals surface area contributed by atoms with Crippen LogP contribution in [0.1, 0.15) is 53.1 Å². The number of carboxylic acid groups (broad SMARTS) is 1. The number of pyridine rings is 2. The molecule has 4 heterocycles. The van der Waals surface area contributed by atoms with Gasteiger partial charge in [0, 0.05) is 42.9 Å². The summed E-state index contributed by atoms with van der Waals surface area (Å²) in [5.74, 6) is -1.11. The predicted octanol–water partition coefficient (Wildman–Crippen LogP) is 3.63. The molecule has 4 rings (SSSR count). The van der Waals surface area contributed by atoms with Crippen LogP contribution in [0.5, 0.6) is 17.6 Å². The fourth-order valence-electron chi connectivity index (χ4n) is 3.51. The van der Waals surface area contributed by atoms with E-state index in [-0.39, 0.29) is 46.8 Å². The first-order valence-corrected chi connectivity index (χ1v) is 12.2. The Labute approximate surface area is 211 Å². The molecule has 0 saturated carbocycles. The fourth-order valence-corrected chi connectivity index (χ4v) is 4.22. The molecule has 12 heteroatoms. The number of carboxylic acids is 1. The Morgan fingerprint density at radius 1 is 1.08 bits per heavy atom. The number of rotatable bonds is 9.